The first-order chi connectivity index (χ1) is 6.33. The van der Waals surface area contributed by atoms with Crippen LogP contribution in [0.15, 0.2) is 0 Å². The van der Waals surface area contributed by atoms with Crippen LogP contribution in [0.5, 0.6) is 0 Å². The molecular formula is C9H17N2O2. The van der Waals surface area contributed by atoms with Gasteiger partial charge in [0, 0.05) is 26.2 Å². The van der Waals surface area contributed by atoms with Crippen molar-refractivity contribution in [2.75, 3.05) is 39.3 Å². The summed E-state index contributed by atoms with van der Waals surface area (Å²) in [6, 6.07) is 0. The monoisotopic (exact) mass is 185 g/mol. The van der Waals surface area contributed by atoms with Gasteiger partial charge >= 0.3 is 5.97 Å². The summed E-state index contributed by atoms with van der Waals surface area (Å²) >= 11 is 0. The molecule has 1 aliphatic heterocycles. The van der Waals surface area contributed by atoms with Crippen molar-refractivity contribution in [3.63, 3.8) is 0 Å². The molecule has 0 N–H and O–H groups in total. The summed E-state index contributed by atoms with van der Waals surface area (Å²) in [6.45, 7) is 6.34. The minimum absolute atomic E-state index is 0.121. The molecular weight excluding hydrogens is 168 g/mol. The molecule has 0 aliphatic carbocycles. The molecule has 1 saturated heterocycles. The number of hydrogen-bond acceptors (Lipinski definition) is 3. The summed E-state index contributed by atoms with van der Waals surface area (Å²) in [4.78, 5) is 13.2. The van der Waals surface area contributed by atoms with E-state index in [0.717, 1.165) is 32.6 Å². The smallest absolute Gasteiger partial charge is 0.320 e. The van der Waals surface area contributed by atoms with Gasteiger partial charge < -0.3 is 4.74 Å². The molecule has 0 unspecified atom stereocenters. The molecule has 0 aromatic heterocycles. The Morgan fingerprint density at radius 1 is 1.46 bits per heavy atom. The summed E-state index contributed by atoms with van der Waals surface area (Å²) in [5, 5.41) is 4.28. The second-order valence-corrected chi connectivity index (χ2v) is 3.11. The lowest BCUT2D eigenvalue weighted by molar-refractivity contribution is -0.144. The van der Waals surface area contributed by atoms with Gasteiger partial charge in [-0.05, 0) is 13.3 Å². The van der Waals surface area contributed by atoms with E-state index in [-0.39, 0.29) is 5.97 Å². The molecule has 0 atom stereocenters. The van der Waals surface area contributed by atoms with Gasteiger partial charge in [0.15, 0.2) is 0 Å². The number of rotatable bonds is 3. The van der Waals surface area contributed by atoms with Gasteiger partial charge in [-0.2, -0.15) is 0 Å². The first kappa shape index (κ1) is 10.5. The molecule has 4 nitrogen and oxygen atoms in total. The van der Waals surface area contributed by atoms with Crippen molar-refractivity contribution in [2.24, 2.45) is 0 Å². The van der Waals surface area contributed by atoms with Crippen molar-refractivity contribution in [1.82, 2.24) is 10.2 Å². The van der Waals surface area contributed by atoms with Crippen LogP contribution in [0.1, 0.15) is 13.3 Å². The molecule has 1 rings (SSSR count). The second kappa shape index (κ2) is 5.94. The van der Waals surface area contributed by atoms with E-state index in [1.54, 1.807) is 0 Å². The Morgan fingerprint density at radius 2 is 2.31 bits per heavy atom. The van der Waals surface area contributed by atoms with E-state index in [4.69, 9.17) is 4.74 Å². The Labute approximate surface area is 79.2 Å². The van der Waals surface area contributed by atoms with Crippen molar-refractivity contribution in [2.45, 2.75) is 13.3 Å². The van der Waals surface area contributed by atoms with Gasteiger partial charge in [-0.25, -0.2) is 5.32 Å². The average Bonchev–Trinajstić information content (AvgIpc) is 2.33. The molecule has 1 aliphatic rings. The Morgan fingerprint density at radius 3 is 3.08 bits per heavy atom. The molecule has 13 heavy (non-hydrogen) atoms. The molecule has 4 heteroatoms. The van der Waals surface area contributed by atoms with E-state index >= 15 is 0 Å². The number of carbonyl (C=O) groups is 1. The summed E-state index contributed by atoms with van der Waals surface area (Å²) in [6.07, 6.45) is 1.05. The number of carbonyl (C=O) groups excluding carboxylic acids is 1. The molecule has 0 aromatic rings. The van der Waals surface area contributed by atoms with Crippen molar-refractivity contribution >= 4 is 5.97 Å². The maximum absolute atomic E-state index is 11.1. The lowest BCUT2D eigenvalue weighted by Gasteiger charge is -2.17. The normalized spacial score (nSPS) is 19.5. The van der Waals surface area contributed by atoms with Gasteiger partial charge in [0.05, 0.1) is 13.2 Å². The van der Waals surface area contributed by atoms with E-state index < -0.39 is 0 Å². The fourth-order valence-corrected chi connectivity index (χ4v) is 1.39. The summed E-state index contributed by atoms with van der Waals surface area (Å²) < 4.78 is 4.87. The zero-order valence-electron chi connectivity index (χ0n) is 8.16. The quantitative estimate of drug-likeness (QED) is 0.575. The number of nitrogens with zero attached hydrogens (tertiary/aromatic N) is 2. The molecule has 0 spiro atoms. The minimum Gasteiger partial charge on any atom is -0.465 e. The molecule has 0 amide bonds. The summed E-state index contributed by atoms with van der Waals surface area (Å²) in [5.74, 6) is -0.121. The van der Waals surface area contributed by atoms with Gasteiger partial charge in [0.25, 0.3) is 0 Å². The Kier molecular flexibility index (Phi) is 4.78. The lowest BCUT2D eigenvalue weighted by atomic mass is 10.4. The van der Waals surface area contributed by atoms with Crippen LogP contribution in [-0.4, -0.2) is 50.2 Å². The highest BCUT2D eigenvalue weighted by Crippen LogP contribution is 1.96. The molecule has 0 saturated carbocycles. The highest BCUT2D eigenvalue weighted by molar-refractivity contribution is 5.71. The minimum atomic E-state index is -0.121. The van der Waals surface area contributed by atoms with Crippen LogP contribution in [-0.2, 0) is 9.53 Å². The SMILES string of the molecule is CCOC(=O)CN1CCC[N]CC1. The van der Waals surface area contributed by atoms with E-state index in [1.807, 2.05) is 6.92 Å². The fourth-order valence-electron chi connectivity index (χ4n) is 1.39. The van der Waals surface area contributed by atoms with Crippen LogP contribution < -0.4 is 5.32 Å². The number of ether oxygens (including phenoxy) is 1. The molecule has 1 fully saturated rings. The lowest BCUT2D eigenvalue weighted by Crippen LogP contribution is -2.33. The average molecular weight is 185 g/mol. The van der Waals surface area contributed by atoms with Crippen LogP contribution in [0.2, 0.25) is 0 Å². The second-order valence-electron chi connectivity index (χ2n) is 3.11. The topological polar surface area (TPSA) is 43.6 Å². The predicted octanol–water partition coefficient (Wildman–Crippen LogP) is -0.140. The van der Waals surface area contributed by atoms with Crippen LogP contribution in [0, 0.1) is 0 Å². The van der Waals surface area contributed by atoms with Gasteiger partial charge in [-0.15, -0.1) is 0 Å². The van der Waals surface area contributed by atoms with Crippen molar-refractivity contribution in [1.29, 1.82) is 0 Å². The predicted molar refractivity (Wildman–Crippen MR) is 49.6 cm³/mol. The van der Waals surface area contributed by atoms with Gasteiger partial charge in [-0.3, -0.25) is 9.69 Å². The third-order valence-electron chi connectivity index (χ3n) is 2.02. The van der Waals surface area contributed by atoms with Gasteiger partial charge in [0.2, 0.25) is 0 Å². The third kappa shape index (κ3) is 4.24. The van der Waals surface area contributed by atoms with Gasteiger partial charge in [0.1, 0.15) is 0 Å². The largest absolute Gasteiger partial charge is 0.465 e. The van der Waals surface area contributed by atoms with Crippen molar-refractivity contribution in [3.05, 3.63) is 0 Å². The van der Waals surface area contributed by atoms with Crippen LogP contribution >= 0.6 is 0 Å². The number of esters is 1. The van der Waals surface area contributed by atoms with Crippen molar-refractivity contribution in [3.8, 4) is 0 Å². The van der Waals surface area contributed by atoms with E-state index in [9.17, 15) is 4.79 Å². The first-order valence-corrected chi connectivity index (χ1v) is 4.84. The van der Waals surface area contributed by atoms with E-state index in [0.29, 0.717) is 13.2 Å². The summed E-state index contributed by atoms with van der Waals surface area (Å²) in [5.41, 5.74) is 0. The molecule has 0 bridgehead atoms. The third-order valence-corrected chi connectivity index (χ3v) is 2.02. The van der Waals surface area contributed by atoms with Gasteiger partial charge in [-0.1, -0.05) is 0 Å². The van der Waals surface area contributed by atoms with E-state index in [2.05, 4.69) is 10.2 Å². The Hall–Kier alpha value is -0.610. The summed E-state index contributed by atoms with van der Waals surface area (Å²) in [7, 11) is 0. The van der Waals surface area contributed by atoms with Crippen molar-refractivity contribution < 1.29 is 9.53 Å². The molecule has 1 heterocycles. The molecule has 75 valence electrons. The maximum atomic E-state index is 11.1. The zero-order chi connectivity index (χ0) is 9.52. The molecule has 1 radical (unpaired) electrons. The van der Waals surface area contributed by atoms with Crippen LogP contribution in [0.25, 0.3) is 0 Å². The zero-order valence-corrected chi connectivity index (χ0v) is 8.16. The molecule has 0 aromatic carbocycles. The fraction of sp³-hybridized carbons (Fsp3) is 0.889. The maximum Gasteiger partial charge on any atom is 0.320 e. The van der Waals surface area contributed by atoms with Crippen LogP contribution in [0.3, 0.4) is 0 Å². The number of hydrogen-bond donors (Lipinski definition) is 0. The van der Waals surface area contributed by atoms with Crippen LogP contribution in [0.4, 0.5) is 0 Å². The Bertz CT molecular complexity index is 154. The highest BCUT2D eigenvalue weighted by Gasteiger charge is 2.13. The Balaban J connectivity index is 2.21. The highest BCUT2D eigenvalue weighted by atomic mass is 16.5. The first-order valence-electron chi connectivity index (χ1n) is 4.84. The standard InChI is InChI=1S/C9H17N2O2/c1-2-13-9(12)8-11-6-3-4-10-5-7-11/h2-8H2,1H3. The van der Waals surface area contributed by atoms with E-state index in [1.165, 1.54) is 0 Å².